The molecule has 2 aromatic rings. The maximum Gasteiger partial charge on any atom is 0.125 e. The molecule has 0 N–H and O–H groups in total. The van der Waals surface area contributed by atoms with Crippen LogP contribution < -0.4 is 0 Å². The van der Waals surface area contributed by atoms with Crippen molar-refractivity contribution in [1.82, 2.24) is 4.98 Å². The lowest BCUT2D eigenvalue weighted by Crippen LogP contribution is -1.88. The van der Waals surface area contributed by atoms with Crippen LogP contribution in [0.1, 0.15) is 38.8 Å². The van der Waals surface area contributed by atoms with Crippen molar-refractivity contribution in [3.8, 4) is 6.07 Å². The Kier molecular flexibility index (Phi) is 7.30. The molecule has 0 amide bonds. The predicted octanol–water partition coefficient (Wildman–Crippen LogP) is 4.61. The quantitative estimate of drug-likeness (QED) is 0.680. The van der Waals surface area contributed by atoms with Crippen molar-refractivity contribution in [3.05, 3.63) is 41.3 Å². The van der Waals surface area contributed by atoms with Crippen LogP contribution in [-0.2, 0) is 0 Å². The molecule has 0 unspecified atom stereocenters. The molecule has 0 saturated heterocycles. The maximum atomic E-state index is 13.1. The van der Waals surface area contributed by atoms with E-state index in [0.717, 1.165) is 5.56 Å². The fourth-order valence-electron chi connectivity index (χ4n) is 1.44. The second kappa shape index (κ2) is 8.19. The summed E-state index contributed by atoms with van der Waals surface area (Å²) in [6.07, 6.45) is 1.62. The van der Waals surface area contributed by atoms with Gasteiger partial charge in [0.1, 0.15) is 11.9 Å². The SMILES string of the molecule is CC.CC.Cc1ccnc2c(C#N)cc(F)cc12. The lowest BCUT2D eigenvalue weighted by molar-refractivity contribution is 0.629. The Morgan fingerprint density at radius 2 is 1.78 bits per heavy atom. The Morgan fingerprint density at radius 3 is 2.33 bits per heavy atom. The summed E-state index contributed by atoms with van der Waals surface area (Å²) in [5, 5.41) is 9.49. The average molecular weight is 246 g/mol. The first-order chi connectivity index (χ1) is 8.72. The first-order valence-electron chi connectivity index (χ1n) is 6.17. The molecule has 0 spiro atoms. The van der Waals surface area contributed by atoms with Crippen molar-refractivity contribution >= 4 is 10.9 Å². The molecule has 3 heteroatoms. The summed E-state index contributed by atoms with van der Waals surface area (Å²) >= 11 is 0. The lowest BCUT2D eigenvalue weighted by Gasteiger charge is -2.02. The smallest absolute Gasteiger partial charge is 0.125 e. The number of rotatable bonds is 0. The van der Waals surface area contributed by atoms with E-state index in [0.29, 0.717) is 10.9 Å². The van der Waals surface area contributed by atoms with Gasteiger partial charge in [0.15, 0.2) is 0 Å². The Bertz CT molecular complexity index is 542. The zero-order chi connectivity index (χ0) is 14.1. The van der Waals surface area contributed by atoms with Gasteiger partial charge in [-0.05, 0) is 30.7 Å². The second-order valence-corrected chi connectivity index (χ2v) is 3.09. The van der Waals surface area contributed by atoms with E-state index in [-0.39, 0.29) is 5.56 Å². The third kappa shape index (κ3) is 3.53. The van der Waals surface area contributed by atoms with Crippen molar-refractivity contribution in [2.45, 2.75) is 34.6 Å². The van der Waals surface area contributed by atoms with Crippen LogP contribution in [-0.4, -0.2) is 4.98 Å². The topological polar surface area (TPSA) is 36.7 Å². The van der Waals surface area contributed by atoms with Gasteiger partial charge in [-0.3, -0.25) is 4.98 Å². The van der Waals surface area contributed by atoms with Gasteiger partial charge in [-0.15, -0.1) is 0 Å². The summed E-state index contributed by atoms with van der Waals surface area (Å²) in [5.74, 6) is -0.398. The van der Waals surface area contributed by atoms with E-state index in [2.05, 4.69) is 4.98 Å². The van der Waals surface area contributed by atoms with Gasteiger partial charge in [-0.2, -0.15) is 5.26 Å². The van der Waals surface area contributed by atoms with Crippen molar-refractivity contribution in [2.75, 3.05) is 0 Å². The van der Waals surface area contributed by atoms with E-state index < -0.39 is 5.82 Å². The first-order valence-corrected chi connectivity index (χ1v) is 6.17. The number of hydrogen-bond donors (Lipinski definition) is 0. The first kappa shape index (κ1) is 16.1. The predicted molar refractivity (Wildman–Crippen MR) is 73.8 cm³/mol. The molecule has 0 radical (unpaired) electrons. The van der Waals surface area contributed by atoms with Crippen molar-refractivity contribution in [1.29, 1.82) is 5.26 Å². The number of nitriles is 1. The molecular weight excluding hydrogens is 227 g/mol. The number of aryl methyl sites for hydroxylation is 1. The molecule has 1 aromatic heterocycles. The molecule has 1 heterocycles. The molecule has 0 saturated carbocycles. The van der Waals surface area contributed by atoms with E-state index in [9.17, 15) is 4.39 Å². The number of fused-ring (bicyclic) bond motifs is 1. The fraction of sp³-hybridized carbons (Fsp3) is 0.333. The van der Waals surface area contributed by atoms with Gasteiger partial charge in [0.05, 0.1) is 11.1 Å². The number of halogens is 1. The van der Waals surface area contributed by atoms with Crippen LogP contribution in [0.4, 0.5) is 4.39 Å². The van der Waals surface area contributed by atoms with Gasteiger partial charge in [-0.1, -0.05) is 27.7 Å². The van der Waals surface area contributed by atoms with Gasteiger partial charge in [0.2, 0.25) is 0 Å². The second-order valence-electron chi connectivity index (χ2n) is 3.09. The minimum absolute atomic E-state index is 0.281. The molecule has 96 valence electrons. The van der Waals surface area contributed by atoms with Gasteiger partial charge in [-0.25, -0.2) is 4.39 Å². The zero-order valence-electron chi connectivity index (χ0n) is 11.6. The summed E-state index contributed by atoms with van der Waals surface area (Å²) < 4.78 is 13.1. The molecule has 1 aromatic carbocycles. The summed E-state index contributed by atoms with van der Waals surface area (Å²) in [6.45, 7) is 9.87. The van der Waals surface area contributed by atoms with Gasteiger partial charge < -0.3 is 0 Å². The zero-order valence-corrected chi connectivity index (χ0v) is 11.6. The number of nitrogens with zero attached hydrogens (tertiary/aromatic N) is 2. The Hall–Kier alpha value is -1.95. The van der Waals surface area contributed by atoms with Crippen LogP contribution in [0, 0.1) is 24.1 Å². The van der Waals surface area contributed by atoms with Crippen molar-refractivity contribution in [2.24, 2.45) is 0 Å². The fourth-order valence-corrected chi connectivity index (χ4v) is 1.44. The molecule has 0 atom stereocenters. The Morgan fingerprint density at radius 1 is 1.17 bits per heavy atom. The minimum Gasteiger partial charge on any atom is -0.255 e. The molecule has 0 aliphatic heterocycles. The molecule has 2 rings (SSSR count). The van der Waals surface area contributed by atoms with E-state index >= 15 is 0 Å². The highest BCUT2D eigenvalue weighted by Gasteiger charge is 2.06. The number of aromatic nitrogens is 1. The number of benzene rings is 1. The lowest BCUT2D eigenvalue weighted by atomic mass is 10.1. The molecule has 0 bridgehead atoms. The van der Waals surface area contributed by atoms with E-state index in [1.54, 1.807) is 12.3 Å². The normalized spacial score (nSPS) is 8.50. The highest BCUT2D eigenvalue weighted by Crippen LogP contribution is 2.20. The molecule has 18 heavy (non-hydrogen) atoms. The van der Waals surface area contributed by atoms with Crippen molar-refractivity contribution < 1.29 is 4.39 Å². The van der Waals surface area contributed by atoms with Crippen LogP contribution in [0.2, 0.25) is 0 Å². The maximum absolute atomic E-state index is 13.1. The van der Waals surface area contributed by atoms with Crippen LogP contribution in [0.15, 0.2) is 24.4 Å². The summed E-state index contributed by atoms with van der Waals surface area (Å²) in [5.41, 5.74) is 1.77. The third-order valence-electron chi connectivity index (χ3n) is 2.15. The summed E-state index contributed by atoms with van der Waals surface area (Å²) in [4.78, 5) is 4.06. The Labute approximate surface area is 108 Å². The van der Waals surface area contributed by atoms with Gasteiger partial charge >= 0.3 is 0 Å². The summed E-state index contributed by atoms with van der Waals surface area (Å²) in [6, 6.07) is 6.33. The average Bonchev–Trinajstić information content (AvgIpc) is 2.43. The van der Waals surface area contributed by atoms with Crippen molar-refractivity contribution in [3.63, 3.8) is 0 Å². The molecule has 2 nitrogen and oxygen atoms in total. The van der Waals surface area contributed by atoms with Crippen LogP contribution >= 0.6 is 0 Å². The largest absolute Gasteiger partial charge is 0.255 e. The van der Waals surface area contributed by atoms with Crippen LogP contribution in [0.5, 0.6) is 0 Å². The number of pyridine rings is 1. The van der Waals surface area contributed by atoms with E-state index in [4.69, 9.17) is 5.26 Å². The van der Waals surface area contributed by atoms with Crippen LogP contribution in [0.25, 0.3) is 10.9 Å². The third-order valence-corrected chi connectivity index (χ3v) is 2.15. The van der Waals surface area contributed by atoms with Crippen LogP contribution in [0.3, 0.4) is 0 Å². The molecule has 0 aliphatic rings. The number of hydrogen-bond acceptors (Lipinski definition) is 2. The molecular formula is C15H19FN2. The molecule has 0 fully saturated rings. The standard InChI is InChI=1S/C11H7FN2.2C2H6/c1-7-2-3-14-11-8(6-13)4-9(12)5-10(7)11;2*1-2/h2-5H,1H3;2*1-2H3. The van der Waals surface area contributed by atoms with Gasteiger partial charge in [0.25, 0.3) is 0 Å². The molecule has 0 aliphatic carbocycles. The van der Waals surface area contributed by atoms with E-state index in [1.165, 1.54) is 12.1 Å². The van der Waals surface area contributed by atoms with Gasteiger partial charge in [0, 0.05) is 11.6 Å². The Balaban J connectivity index is 0.000000659. The highest BCUT2D eigenvalue weighted by atomic mass is 19.1. The highest BCUT2D eigenvalue weighted by molar-refractivity contribution is 5.86. The minimum atomic E-state index is -0.398. The monoisotopic (exact) mass is 246 g/mol. The summed E-state index contributed by atoms with van der Waals surface area (Å²) in [7, 11) is 0. The van der Waals surface area contributed by atoms with E-state index in [1.807, 2.05) is 40.7 Å².